The maximum absolute atomic E-state index is 13.7. The van der Waals surface area contributed by atoms with E-state index in [9.17, 15) is 33.9 Å². The third-order valence-electron chi connectivity index (χ3n) is 17.2. The monoisotopic (exact) mass is 1240 g/mol. The number of amides is 1. The topological polar surface area (TPSA) is 278 Å². The minimum Gasteiger partial charge on any atom is -0.462 e. The van der Waals surface area contributed by atoms with Crippen molar-refractivity contribution in [3.8, 4) is 0 Å². The Labute approximate surface area is 526 Å². The number of carbonyl (C=O) groups excluding carboxylic acids is 6. The third-order valence-corrected chi connectivity index (χ3v) is 17.2. The highest BCUT2D eigenvalue weighted by molar-refractivity contribution is 6.42. The lowest BCUT2D eigenvalue weighted by atomic mass is 9.80. The van der Waals surface area contributed by atoms with E-state index in [-0.39, 0.29) is 90.1 Å². The molecule has 1 amide bonds. The molecule has 502 valence electrons. The lowest BCUT2D eigenvalue weighted by Crippen LogP contribution is -2.61. The van der Waals surface area contributed by atoms with Crippen molar-refractivity contribution in [1.29, 1.82) is 0 Å². The summed E-state index contributed by atoms with van der Waals surface area (Å²) in [5, 5.41) is 38.2. The Morgan fingerprint density at radius 3 is 0.920 bits per heavy atom. The molecule has 0 aliphatic carbocycles. The normalized spacial score (nSPS) is 27.0. The van der Waals surface area contributed by atoms with E-state index in [1.54, 1.807) is 0 Å². The second kappa shape index (κ2) is 25.2. The van der Waals surface area contributed by atoms with E-state index in [1.807, 2.05) is 83.1 Å². The summed E-state index contributed by atoms with van der Waals surface area (Å²) < 4.78 is 35.3. The summed E-state index contributed by atoms with van der Waals surface area (Å²) >= 11 is 0. The van der Waals surface area contributed by atoms with E-state index in [4.69, 9.17) is 28.4 Å². The Balaban J connectivity index is 0.000000281. The minimum atomic E-state index is -2.43. The van der Waals surface area contributed by atoms with Crippen LogP contribution in [0.25, 0.3) is 0 Å². The molecule has 0 bridgehead atoms. The van der Waals surface area contributed by atoms with Gasteiger partial charge in [0.15, 0.2) is 11.3 Å². The quantitative estimate of drug-likeness (QED) is 0.0636. The van der Waals surface area contributed by atoms with Crippen LogP contribution in [0, 0.1) is 0 Å². The van der Waals surface area contributed by atoms with Crippen LogP contribution in [0.5, 0.6) is 0 Å². The minimum absolute atomic E-state index is 0.0972. The summed E-state index contributed by atoms with van der Waals surface area (Å²) in [6, 6.07) is 0. The van der Waals surface area contributed by atoms with Crippen molar-refractivity contribution < 1.29 is 62.3 Å². The van der Waals surface area contributed by atoms with E-state index in [0.29, 0.717) is 77.0 Å². The van der Waals surface area contributed by atoms with Gasteiger partial charge in [0, 0.05) is 150 Å². The molecular weight excluding hydrogens is 1130 g/mol. The van der Waals surface area contributed by atoms with Crippen LogP contribution in [0.4, 0.5) is 4.79 Å². The van der Waals surface area contributed by atoms with Crippen LogP contribution in [0.1, 0.15) is 256 Å². The summed E-state index contributed by atoms with van der Waals surface area (Å²) in [6.07, 6.45) is 3.50. The molecule has 0 aromatic carbocycles. The van der Waals surface area contributed by atoms with Crippen LogP contribution in [0.15, 0.2) is 16.9 Å². The molecule has 88 heavy (non-hydrogen) atoms. The van der Waals surface area contributed by atoms with Gasteiger partial charge in [-0.2, -0.15) is 0 Å². The van der Waals surface area contributed by atoms with Crippen molar-refractivity contribution in [1.82, 2.24) is 42.4 Å². The molecule has 6 fully saturated rings. The Bertz CT molecular complexity index is 2520. The summed E-state index contributed by atoms with van der Waals surface area (Å²) in [7, 11) is 0. The fraction of sp³-hybridized carbons (Fsp3) is 0.864. The van der Waals surface area contributed by atoms with Crippen LogP contribution in [0.2, 0.25) is 0 Å². The second-order valence-electron chi connectivity index (χ2n) is 35.0. The first kappa shape index (κ1) is 72.6. The number of ether oxygens (including phenoxy) is 6. The van der Waals surface area contributed by atoms with Crippen LogP contribution in [-0.2, 0) is 52.4 Å². The standard InChI is InChI=1S/C33H56N6O6.C33H59N3O7/c1-28(2)14-20(15-29(3,4)36-28)43-25(40)23-13-24(26(41)44-21-16-30(5,6)37-31(7,8)17-21)35-39(34-23)27(42)45-22-18-32(9,10)38-33(11,12)19-22;1-27(2)13-21(14-28(3,4)34-27)41-24(37)19-33(40,26(39)43-23-17-31(9,10)36-32(11,12)18-23)20-25(38)42-22-15-29(5,6)35-30(7,8)16-22/h13,20-22,34,36-38H,14-19H2,1-12H3;21-23,34-36,40H,13-20H2,1-12H3. The number of hydrazine groups is 1. The van der Waals surface area contributed by atoms with E-state index in [2.05, 4.69) is 126 Å². The van der Waals surface area contributed by atoms with Crippen molar-refractivity contribution in [3.63, 3.8) is 0 Å². The smallest absolute Gasteiger partial charge is 0.450 e. The molecule has 0 atom stereocenters. The van der Waals surface area contributed by atoms with Gasteiger partial charge in [0.25, 0.3) is 0 Å². The molecule has 0 aromatic heterocycles. The van der Waals surface area contributed by atoms with Gasteiger partial charge in [-0.15, -0.1) is 10.2 Å². The van der Waals surface area contributed by atoms with Crippen LogP contribution >= 0.6 is 0 Å². The van der Waals surface area contributed by atoms with Gasteiger partial charge >= 0.3 is 35.9 Å². The number of hydrogen-bond acceptors (Lipinski definition) is 21. The van der Waals surface area contributed by atoms with Crippen LogP contribution < -0.4 is 37.3 Å². The maximum atomic E-state index is 13.7. The fourth-order valence-electron chi connectivity index (χ4n) is 16.6. The Morgan fingerprint density at radius 2 is 0.636 bits per heavy atom. The zero-order valence-electron chi connectivity index (χ0n) is 58.2. The molecule has 7 aliphatic heterocycles. The van der Waals surface area contributed by atoms with Gasteiger partial charge in [-0.05, 0) is 166 Å². The van der Waals surface area contributed by atoms with E-state index in [1.165, 1.54) is 6.08 Å². The number of carbonyl (C=O) groups is 6. The highest BCUT2D eigenvalue weighted by Gasteiger charge is 2.50. The highest BCUT2D eigenvalue weighted by Crippen LogP contribution is 2.38. The second-order valence-corrected chi connectivity index (χ2v) is 35.0. The number of nitrogens with zero attached hydrogens (tertiary/aromatic N) is 2. The van der Waals surface area contributed by atoms with Gasteiger partial charge in [0.05, 0.1) is 12.8 Å². The van der Waals surface area contributed by atoms with Gasteiger partial charge in [0.1, 0.15) is 42.3 Å². The van der Waals surface area contributed by atoms with Crippen LogP contribution in [0.3, 0.4) is 0 Å². The zero-order valence-corrected chi connectivity index (χ0v) is 58.2. The number of rotatable bonds is 13. The Hall–Kier alpha value is -4.45. The predicted octanol–water partition coefficient (Wildman–Crippen LogP) is 8.25. The third kappa shape index (κ3) is 21.9. The van der Waals surface area contributed by atoms with E-state index < -0.39 is 78.8 Å². The number of esters is 5. The average Bonchev–Trinajstić information content (AvgIpc) is 1.25. The molecule has 0 unspecified atom stereocenters. The molecule has 8 N–H and O–H groups in total. The molecule has 22 nitrogen and oxygen atoms in total. The molecule has 7 aliphatic rings. The largest absolute Gasteiger partial charge is 0.462 e. The van der Waals surface area contributed by atoms with Gasteiger partial charge in [-0.25, -0.2) is 19.2 Å². The SMILES string of the molecule is CC1(C)CC(OC(=O)C2=CC(C(=O)OC3CC(C)(C)NC(C)(C)C3)=NN(C(=O)OC3CC(C)(C)NC(C)(C)C3)N2)CC(C)(C)N1.CC1(C)CC(OC(=O)CC(O)(CC(=O)OC2CC(C)(C)NC(C)(C)C2)C(=O)OC2CC(C)(C)NC(C)(C)C2)CC(C)(C)N1. The molecule has 0 spiro atoms. The van der Waals surface area contributed by atoms with Crippen molar-refractivity contribution in [3.05, 3.63) is 11.8 Å². The predicted molar refractivity (Wildman–Crippen MR) is 338 cm³/mol. The van der Waals surface area contributed by atoms with Gasteiger partial charge in [-0.1, -0.05) is 0 Å². The highest BCUT2D eigenvalue weighted by atomic mass is 16.6. The molecule has 0 aromatic rings. The first-order chi connectivity index (χ1) is 39.5. The number of nitrogens with one attached hydrogen (secondary N) is 7. The van der Waals surface area contributed by atoms with Crippen molar-refractivity contribution >= 4 is 41.7 Å². The Morgan fingerprint density at radius 1 is 0.398 bits per heavy atom. The number of hydrazone groups is 1. The van der Waals surface area contributed by atoms with Crippen molar-refractivity contribution in [2.75, 3.05) is 0 Å². The molecule has 7 rings (SSSR count). The molecular formula is C66H115N9O13. The summed E-state index contributed by atoms with van der Waals surface area (Å²) in [4.78, 5) is 81.0. The van der Waals surface area contributed by atoms with Gasteiger partial charge in [-0.3, -0.25) is 15.0 Å². The molecule has 0 saturated carbocycles. The lowest BCUT2D eigenvalue weighted by Gasteiger charge is -2.46. The zero-order chi connectivity index (χ0) is 66.7. The van der Waals surface area contributed by atoms with E-state index >= 15 is 0 Å². The van der Waals surface area contributed by atoms with Crippen molar-refractivity contribution in [2.24, 2.45) is 5.10 Å². The lowest BCUT2D eigenvalue weighted by molar-refractivity contribution is -0.188. The Kier molecular flexibility index (Phi) is 20.8. The molecule has 6 saturated heterocycles. The first-order valence-corrected chi connectivity index (χ1v) is 32.1. The van der Waals surface area contributed by atoms with Gasteiger partial charge in [0.2, 0.25) is 0 Å². The summed E-state index contributed by atoms with van der Waals surface area (Å²) in [5.41, 5.74) is -3.20. The van der Waals surface area contributed by atoms with Crippen LogP contribution in [-0.4, -0.2) is 161 Å². The molecule has 22 heteroatoms. The van der Waals surface area contributed by atoms with Crippen molar-refractivity contribution in [2.45, 2.75) is 365 Å². The maximum Gasteiger partial charge on any atom is 0.450 e. The molecule has 0 radical (unpaired) electrons. The first-order valence-electron chi connectivity index (χ1n) is 32.1. The summed E-state index contributed by atoms with van der Waals surface area (Å²) in [5.74, 6) is -3.93. The number of hydrogen-bond donors (Lipinski definition) is 8. The molecule has 7 heterocycles. The van der Waals surface area contributed by atoms with E-state index in [0.717, 1.165) is 5.12 Å². The van der Waals surface area contributed by atoms with Gasteiger partial charge < -0.3 is 65.4 Å². The fourth-order valence-corrected chi connectivity index (χ4v) is 16.6. The number of piperidine rings is 6. The average molecular weight is 1240 g/mol. The number of aliphatic hydroxyl groups is 1. The summed E-state index contributed by atoms with van der Waals surface area (Å²) in [6.45, 7) is 49.2.